The lowest BCUT2D eigenvalue weighted by atomic mass is 10.1. The van der Waals surface area contributed by atoms with Gasteiger partial charge >= 0.3 is 17.9 Å². The van der Waals surface area contributed by atoms with Crippen molar-refractivity contribution in [3.05, 3.63) is 97.2 Å². The first-order valence-electron chi connectivity index (χ1n) is 23.3. The summed E-state index contributed by atoms with van der Waals surface area (Å²) in [6, 6.07) is -0.634. The fraction of sp³-hybridized carbons (Fsp3) is 0.635. The number of ether oxygens (including phenoxy) is 3. The van der Waals surface area contributed by atoms with Gasteiger partial charge in [0.1, 0.15) is 6.61 Å². The molecule has 8 nitrogen and oxygen atoms in total. The minimum Gasteiger partial charge on any atom is -0.477 e. The third-order valence-corrected chi connectivity index (χ3v) is 9.73. The van der Waals surface area contributed by atoms with E-state index in [4.69, 9.17) is 14.2 Å². The predicted molar refractivity (Wildman–Crippen MR) is 252 cm³/mol. The summed E-state index contributed by atoms with van der Waals surface area (Å²) in [6.07, 6.45) is 56.1. The van der Waals surface area contributed by atoms with Crippen LogP contribution in [-0.2, 0) is 28.6 Å². The van der Waals surface area contributed by atoms with E-state index in [-0.39, 0.29) is 36.7 Å². The summed E-state index contributed by atoms with van der Waals surface area (Å²) >= 11 is 0. The van der Waals surface area contributed by atoms with Crippen LogP contribution in [0.1, 0.15) is 162 Å². The first-order valence-corrected chi connectivity index (χ1v) is 23.3. The van der Waals surface area contributed by atoms with Gasteiger partial charge in [0, 0.05) is 19.3 Å². The van der Waals surface area contributed by atoms with Crippen LogP contribution >= 0.6 is 0 Å². The Balaban J connectivity index is 4.47. The van der Waals surface area contributed by atoms with E-state index in [1.165, 1.54) is 51.4 Å². The second-order valence-electron chi connectivity index (χ2n) is 16.3. The van der Waals surface area contributed by atoms with Gasteiger partial charge in [-0.15, -0.1) is 0 Å². The molecule has 2 atom stereocenters. The molecule has 0 fully saturated rings. The Morgan fingerprint density at radius 3 is 1.45 bits per heavy atom. The molecule has 0 bridgehead atoms. The Kier molecular flexibility index (Phi) is 39.3. The molecular formula is C52H86NO7+. The van der Waals surface area contributed by atoms with Crippen LogP contribution in [0.5, 0.6) is 0 Å². The molecule has 0 aromatic rings. The van der Waals surface area contributed by atoms with Crippen LogP contribution < -0.4 is 0 Å². The van der Waals surface area contributed by atoms with Gasteiger partial charge < -0.3 is 23.8 Å². The Hall–Kier alpha value is -3.75. The fourth-order valence-electron chi connectivity index (χ4n) is 6.15. The largest absolute Gasteiger partial charge is 0.477 e. The Morgan fingerprint density at radius 2 is 0.967 bits per heavy atom. The first-order chi connectivity index (χ1) is 29.1. The highest BCUT2D eigenvalue weighted by molar-refractivity contribution is 5.72. The smallest absolute Gasteiger partial charge is 0.362 e. The van der Waals surface area contributed by atoms with Crippen LogP contribution in [0, 0.1) is 0 Å². The molecule has 0 amide bonds. The number of esters is 2. The molecule has 0 saturated carbocycles. The van der Waals surface area contributed by atoms with Crippen LogP contribution in [0.3, 0.4) is 0 Å². The average molecular weight is 837 g/mol. The summed E-state index contributed by atoms with van der Waals surface area (Å²) in [5, 5.41) is 9.63. The molecular weight excluding hydrogens is 751 g/mol. The molecule has 0 rings (SSSR count). The topological polar surface area (TPSA) is 99.1 Å². The first kappa shape index (κ1) is 56.2. The summed E-state index contributed by atoms with van der Waals surface area (Å²) in [5.41, 5.74) is 0. The van der Waals surface area contributed by atoms with Gasteiger partial charge in [-0.1, -0.05) is 156 Å². The number of rotatable bonds is 40. The van der Waals surface area contributed by atoms with Crippen molar-refractivity contribution in [2.45, 2.75) is 174 Å². The number of nitrogens with zero attached hydrogens (tertiary/aromatic N) is 1. The van der Waals surface area contributed by atoms with Crippen molar-refractivity contribution < 1.29 is 38.2 Å². The molecule has 0 aromatic carbocycles. The van der Waals surface area contributed by atoms with Gasteiger partial charge in [-0.05, 0) is 83.5 Å². The SMILES string of the molecule is CC/C=C/C/C=C/C/C=C/C/C=C/C/C=C/C/C=C/CCC(=O)OC(COCCC(C(=O)O)[N+](C)(C)C)COC(=O)CCCCCCCCC/C=C/C/C=C/CCCCC. The Bertz CT molecular complexity index is 1300. The lowest BCUT2D eigenvalue weighted by Gasteiger charge is -2.31. The normalized spacial score (nSPS) is 13.8. The third kappa shape index (κ3) is 39.7. The summed E-state index contributed by atoms with van der Waals surface area (Å²) in [6.45, 7) is 4.49. The van der Waals surface area contributed by atoms with Crippen molar-refractivity contribution in [1.82, 2.24) is 0 Å². The molecule has 0 aliphatic carbocycles. The molecule has 0 aliphatic heterocycles. The number of carboxylic acids is 1. The number of hydrogen-bond donors (Lipinski definition) is 1. The van der Waals surface area contributed by atoms with E-state index in [2.05, 4.69) is 98.9 Å². The minimum absolute atomic E-state index is 0.0222. The highest BCUT2D eigenvalue weighted by Gasteiger charge is 2.31. The van der Waals surface area contributed by atoms with Crippen LogP contribution in [0.15, 0.2) is 97.2 Å². The summed E-state index contributed by atoms with van der Waals surface area (Å²) in [7, 11) is 5.49. The minimum atomic E-state index is -0.891. The van der Waals surface area contributed by atoms with E-state index >= 15 is 0 Å². The Morgan fingerprint density at radius 1 is 0.517 bits per heavy atom. The lowest BCUT2D eigenvalue weighted by Crippen LogP contribution is -2.50. The van der Waals surface area contributed by atoms with Crippen molar-refractivity contribution in [3.8, 4) is 0 Å². The van der Waals surface area contributed by atoms with E-state index in [0.717, 1.165) is 70.6 Å². The molecule has 2 unspecified atom stereocenters. The van der Waals surface area contributed by atoms with Gasteiger partial charge in [-0.3, -0.25) is 9.59 Å². The third-order valence-electron chi connectivity index (χ3n) is 9.73. The number of unbranched alkanes of at least 4 members (excludes halogenated alkanes) is 10. The van der Waals surface area contributed by atoms with E-state index in [0.29, 0.717) is 19.3 Å². The maximum Gasteiger partial charge on any atom is 0.362 e. The second-order valence-corrected chi connectivity index (χ2v) is 16.3. The van der Waals surface area contributed by atoms with E-state index in [1.54, 1.807) is 0 Å². The molecule has 8 heteroatoms. The zero-order chi connectivity index (χ0) is 44.2. The van der Waals surface area contributed by atoms with Gasteiger partial charge in [0.05, 0.1) is 34.4 Å². The lowest BCUT2D eigenvalue weighted by molar-refractivity contribution is -0.887. The highest BCUT2D eigenvalue weighted by atomic mass is 16.6. The van der Waals surface area contributed by atoms with Gasteiger partial charge in [-0.25, -0.2) is 4.79 Å². The second kappa shape index (κ2) is 42.0. The van der Waals surface area contributed by atoms with Crippen LogP contribution in [0.4, 0.5) is 0 Å². The molecule has 60 heavy (non-hydrogen) atoms. The van der Waals surface area contributed by atoms with Crippen molar-refractivity contribution in [1.29, 1.82) is 0 Å². The van der Waals surface area contributed by atoms with E-state index in [9.17, 15) is 19.5 Å². The molecule has 340 valence electrons. The predicted octanol–water partition coefficient (Wildman–Crippen LogP) is 13.1. The standard InChI is InChI=1S/C52H85NO7/c1-6-8-10-12-14-16-18-20-22-24-25-27-29-31-33-35-37-39-41-43-51(55)60-48(46-58-45-44-49(52(56)57)53(3,4)5)47-59-50(54)42-40-38-36-34-32-30-28-26-23-21-19-17-15-13-11-9-7-2/h8,10,14-17,20-23,25,27,31,33,37,39,48-49H,6-7,9,11-13,18-19,24,26,28-30,32,34-36,38,40-47H2,1-5H3/p+1/b10-8+,16-14+,17-15+,22-20+,23-21+,27-25+,33-31+,39-37+. The number of carbonyl (C=O) groups excluding carboxylic acids is 2. The molecule has 0 saturated heterocycles. The van der Waals surface area contributed by atoms with Gasteiger partial charge in [0.2, 0.25) is 0 Å². The molecule has 1 N–H and O–H groups in total. The number of likely N-dealkylation sites (N-methyl/N-ethyl adjacent to an activating group) is 1. The molecule has 0 aliphatic rings. The number of aliphatic carboxylic acids is 1. The van der Waals surface area contributed by atoms with Crippen molar-refractivity contribution in [2.24, 2.45) is 0 Å². The zero-order valence-corrected chi connectivity index (χ0v) is 38.6. The maximum absolute atomic E-state index is 12.7. The zero-order valence-electron chi connectivity index (χ0n) is 38.6. The Labute approximate surface area is 366 Å². The fourth-order valence-corrected chi connectivity index (χ4v) is 6.15. The highest BCUT2D eigenvalue weighted by Crippen LogP contribution is 2.12. The van der Waals surface area contributed by atoms with E-state index in [1.807, 2.05) is 33.3 Å². The summed E-state index contributed by atoms with van der Waals surface area (Å²) in [4.78, 5) is 37.0. The summed E-state index contributed by atoms with van der Waals surface area (Å²) < 4.78 is 17.2. The summed E-state index contributed by atoms with van der Waals surface area (Å²) in [5.74, 6) is -1.60. The van der Waals surface area contributed by atoms with Crippen molar-refractivity contribution in [2.75, 3.05) is 41.0 Å². The van der Waals surface area contributed by atoms with E-state index < -0.39 is 24.1 Å². The number of hydrogen-bond acceptors (Lipinski definition) is 6. The number of quaternary nitrogens is 1. The van der Waals surface area contributed by atoms with Crippen LogP contribution in [0.2, 0.25) is 0 Å². The van der Waals surface area contributed by atoms with Crippen molar-refractivity contribution in [3.63, 3.8) is 0 Å². The molecule has 0 spiro atoms. The average Bonchev–Trinajstić information content (AvgIpc) is 3.21. The molecule has 0 aromatic heterocycles. The van der Waals surface area contributed by atoms with Gasteiger partial charge in [0.25, 0.3) is 0 Å². The molecule has 0 radical (unpaired) electrons. The maximum atomic E-state index is 12.7. The van der Waals surface area contributed by atoms with Gasteiger partial charge in [0.15, 0.2) is 12.1 Å². The number of allylic oxidation sites excluding steroid dienone is 16. The van der Waals surface area contributed by atoms with Gasteiger partial charge in [-0.2, -0.15) is 0 Å². The van der Waals surface area contributed by atoms with Crippen LogP contribution in [-0.4, -0.2) is 80.6 Å². The number of carbonyl (C=O) groups is 3. The molecule has 0 heterocycles. The van der Waals surface area contributed by atoms with Crippen molar-refractivity contribution >= 4 is 17.9 Å². The quantitative estimate of drug-likeness (QED) is 0.0284. The number of carboxylic acid groups (broad SMARTS) is 1. The van der Waals surface area contributed by atoms with Crippen LogP contribution in [0.25, 0.3) is 0 Å². The monoisotopic (exact) mass is 837 g/mol.